The maximum atomic E-state index is 13.4. The van der Waals surface area contributed by atoms with Gasteiger partial charge in [-0.2, -0.15) is 0 Å². The number of benzene rings is 2. The lowest BCUT2D eigenvalue weighted by Gasteiger charge is -2.33. The number of carbonyl (C=O) groups is 1. The molecule has 2 atom stereocenters. The van der Waals surface area contributed by atoms with Crippen molar-refractivity contribution in [2.45, 2.75) is 25.2 Å². The van der Waals surface area contributed by atoms with E-state index in [2.05, 4.69) is 10.3 Å². The van der Waals surface area contributed by atoms with E-state index >= 15 is 0 Å². The van der Waals surface area contributed by atoms with Crippen molar-refractivity contribution < 1.29 is 18.3 Å². The molecule has 0 radical (unpaired) electrons. The fraction of sp³-hybridized carbons (Fsp3) is 0.296. The molecule has 2 fully saturated rings. The number of nitrogens with two attached hydrogens (primary N) is 1. The first-order valence-electron chi connectivity index (χ1n) is 11.9. The summed E-state index contributed by atoms with van der Waals surface area (Å²) in [4.78, 5) is 18.2. The van der Waals surface area contributed by atoms with Gasteiger partial charge >= 0.3 is 0 Å². The Bertz CT molecular complexity index is 1270. The van der Waals surface area contributed by atoms with Crippen LogP contribution in [-0.4, -0.2) is 40.5 Å². The molecule has 9 heteroatoms. The minimum Gasteiger partial charge on any atom is -0.457 e. The van der Waals surface area contributed by atoms with Crippen LogP contribution in [0.5, 0.6) is 11.5 Å². The minimum absolute atomic E-state index is 0.239. The lowest BCUT2D eigenvalue weighted by molar-refractivity contribution is -0.136. The molecule has 7 nitrogen and oxygen atoms in total. The molecule has 2 heterocycles. The van der Waals surface area contributed by atoms with Crippen molar-refractivity contribution >= 4 is 28.8 Å². The molecule has 186 valence electrons. The number of hydrogen-bond acceptors (Lipinski definition) is 6. The third-order valence-electron chi connectivity index (χ3n) is 6.64. The second kappa shape index (κ2) is 9.56. The lowest BCUT2D eigenvalue weighted by atomic mass is 9.88. The molecular weight excluding hydrogens is 464 g/mol. The fourth-order valence-electron chi connectivity index (χ4n) is 4.54. The van der Waals surface area contributed by atoms with E-state index in [9.17, 15) is 13.6 Å². The third kappa shape index (κ3) is 5.00. The van der Waals surface area contributed by atoms with Crippen LogP contribution in [0.3, 0.4) is 0 Å². The van der Waals surface area contributed by atoms with E-state index in [0.29, 0.717) is 42.1 Å². The van der Waals surface area contributed by atoms with Gasteiger partial charge in [-0.05, 0) is 55.3 Å². The Hall–Kier alpha value is -4.01. The number of amides is 1. The smallest absolute Gasteiger partial charge is 0.260 e. The van der Waals surface area contributed by atoms with Crippen LogP contribution in [0.4, 0.5) is 26.0 Å². The maximum Gasteiger partial charge on any atom is 0.260 e. The quantitative estimate of drug-likeness (QED) is 0.381. The molecule has 5 rings (SSSR count). The van der Waals surface area contributed by atoms with Crippen molar-refractivity contribution in [3.63, 3.8) is 0 Å². The first-order chi connectivity index (χ1) is 17.3. The van der Waals surface area contributed by atoms with Crippen LogP contribution in [0.15, 0.2) is 66.9 Å². The van der Waals surface area contributed by atoms with Crippen molar-refractivity contribution in [2.75, 3.05) is 24.1 Å². The monoisotopic (exact) mass is 491 g/mol. The number of anilines is 3. The Balaban J connectivity index is 1.30. The highest BCUT2D eigenvalue weighted by Crippen LogP contribution is 2.50. The molecule has 1 saturated carbocycles. The predicted molar refractivity (Wildman–Crippen MR) is 134 cm³/mol. The Labute approximate surface area is 207 Å². The van der Waals surface area contributed by atoms with Gasteiger partial charge in [-0.15, -0.1) is 0 Å². The third-order valence-corrected chi connectivity index (χ3v) is 6.64. The molecule has 1 aliphatic carbocycles. The largest absolute Gasteiger partial charge is 0.457 e. The molecule has 2 aliphatic rings. The first kappa shape index (κ1) is 23.7. The van der Waals surface area contributed by atoms with E-state index in [1.54, 1.807) is 6.07 Å². The molecular formula is C27H27F2N5O2. The topological polar surface area (TPSA) is 104 Å². The zero-order chi connectivity index (χ0) is 25.3. The second-order valence-corrected chi connectivity index (χ2v) is 9.24. The zero-order valence-electron chi connectivity index (χ0n) is 19.6. The van der Waals surface area contributed by atoms with E-state index in [4.69, 9.17) is 15.9 Å². The molecule has 3 aromatic rings. The van der Waals surface area contributed by atoms with Crippen molar-refractivity contribution in [3.8, 4) is 11.5 Å². The summed E-state index contributed by atoms with van der Waals surface area (Å²) in [7, 11) is 0. The molecule has 1 amide bonds. The van der Waals surface area contributed by atoms with Gasteiger partial charge in [0, 0.05) is 48.6 Å². The molecule has 0 bridgehead atoms. The van der Waals surface area contributed by atoms with Crippen LogP contribution in [0, 0.1) is 17.2 Å². The van der Waals surface area contributed by atoms with Gasteiger partial charge in [-0.25, -0.2) is 13.8 Å². The van der Waals surface area contributed by atoms with Gasteiger partial charge < -0.3 is 26.1 Å². The number of pyridine rings is 1. The van der Waals surface area contributed by atoms with Crippen molar-refractivity contribution in [3.05, 3.63) is 72.4 Å². The van der Waals surface area contributed by atoms with Gasteiger partial charge in [-0.1, -0.05) is 18.2 Å². The Morgan fingerprint density at radius 3 is 2.50 bits per heavy atom. The molecule has 36 heavy (non-hydrogen) atoms. The summed E-state index contributed by atoms with van der Waals surface area (Å²) in [6, 6.07) is 18.5. The van der Waals surface area contributed by atoms with Crippen LogP contribution in [0.2, 0.25) is 0 Å². The number of nitrogens with one attached hydrogen (secondary N) is 2. The molecule has 1 aliphatic heterocycles. The number of nitrogen functional groups attached to an aromatic ring is 1. The zero-order valence-corrected chi connectivity index (χ0v) is 19.6. The minimum atomic E-state index is -2.89. The van der Waals surface area contributed by atoms with Crippen molar-refractivity contribution in [2.24, 2.45) is 11.8 Å². The fourth-order valence-corrected chi connectivity index (χ4v) is 4.54. The first-order valence-corrected chi connectivity index (χ1v) is 11.9. The molecule has 1 unspecified atom stereocenters. The second-order valence-electron chi connectivity index (χ2n) is 9.24. The normalized spacial score (nSPS) is 20.4. The number of ether oxygens (including phenoxy) is 1. The molecule has 0 spiro atoms. The average molecular weight is 492 g/mol. The number of carbonyl (C=O) groups excluding carboxylic acids is 1. The number of likely N-dealkylation sites (tertiary alicyclic amines) is 1. The van der Waals surface area contributed by atoms with Gasteiger partial charge in [0.2, 0.25) is 5.91 Å². The summed E-state index contributed by atoms with van der Waals surface area (Å²) in [6.07, 6.45) is 2.51. The molecule has 2 aromatic carbocycles. The number of aromatic nitrogens is 1. The molecule has 1 aromatic heterocycles. The van der Waals surface area contributed by atoms with E-state index in [0.717, 1.165) is 11.4 Å². The highest BCUT2D eigenvalue weighted by molar-refractivity contribution is 6.07. The Morgan fingerprint density at radius 2 is 1.81 bits per heavy atom. The number of hydrogen-bond donors (Lipinski definition) is 3. The number of alkyl halides is 2. The van der Waals surface area contributed by atoms with Crippen molar-refractivity contribution in [1.82, 2.24) is 9.88 Å². The lowest BCUT2D eigenvalue weighted by Crippen LogP contribution is -2.43. The summed E-state index contributed by atoms with van der Waals surface area (Å²) < 4.78 is 32.7. The highest BCUT2D eigenvalue weighted by atomic mass is 19.3. The Kier molecular flexibility index (Phi) is 6.30. The number of halogens is 2. The van der Waals surface area contributed by atoms with Gasteiger partial charge in [-0.3, -0.25) is 4.79 Å². The van der Waals surface area contributed by atoms with E-state index < -0.39 is 17.7 Å². The van der Waals surface area contributed by atoms with Crippen LogP contribution in [0.25, 0.3) is 0 Å². The standard InChI is InChI=1S/C27H27F2N5O2/c28-27(29)15-22(27)26(35)34-14-4-5-17(16-34)23(30)21-12-13-32-25(31)24(21)33-18-8-10-20(11-9-18)36-19-6-2-1-3-7-19/h1-3,6-13,17,22,30,33H,4-5,14-16H2,(H2,31,32)/t17-,22?/m1/s1. The van der Waals surface area contributed by atoms with Gasteiger partial charge in [0.15, 0.2) is 0 Å². The summed E-state index contributed by atoms with van der Waals surface area (Å²) in [5.41, 5.74) is 8.29. The highest BCUT2D eigenvalue weighted by Gasteiger charge is 2.62. The SMILES string of the molecule is N=C(c1ccnc(N)c1Nc1ccc(Oc2ccccc2)cc1)[C@@H]1CCCN(C(=O)C2CC2(F)F)C1. The average Bonchev–Trinajstić information content (AvgIpc) is 3.54. The number of piperidine rings is 1. The Morgan fingerprint density at radius 1 is 1.11 bits per heavy atom. The predicted octanol–water partition coefficient (Wildman–Crippen LogP) is 5.46. The number of rotatable bonds is 7. The molecule has 1 saturated heterocycles. The maximum absolute atomic E-state index is 13.4. The summed E-state index contributed by atoms with van der Waals surface area (Å²) in [5.74, 6) is -3.25. The van der Waals surface area contributed by atoms with Crippen LogP contribution < -0.4 is 15.8 Å². The summed E-state index contributed by atoms with van der Waals surface area (Å²) in [6.45, 7) is 0.688. The van der Waals surface area contributed by atoms with Crippen LogP contribution in [-0.2, 0) is 4.79 Å². The molecule has 4 N–H and O–H groups in total. The summed E-state index contributed by atoms with van der Waals surface area (Å²) in [5, 5.41) is 12.2. The summed E-state index contributed by atoms with van der Waals surface area (Å²) >= 11 is 0. The van der Waals surface area contributed by atoms with E-state index in [1.165, 1.54) is 11.1 Å². The van der Waals surface area contributed by atoms with Crippen LogP contribution >= 0.6 is 0 Å². The van der Waals surface area contributed by atoms with Crippen molar-refractivity contribution in [1.29, 1.82) is 5.41 Å². The number of nitrogens with zero attached hydrogens (tertiary/aromatic N) is 2. The van der Waals surface area contributed by atoms with Gasteiger partial charge in [0.1, 0.15) is 23.2 Å². The van der Waals surface area contributed by atoms with Gasteiger partial charge in [0.25, 0.3) is 5.92 Å². The van der Waals surface area contributed by atoms with Crippen LogP contribution in [0.1, 0.15) is 24.8 Å². The van der Waals surface area contributed by atoms with Gasteiger partial charge in [0.05, 0.1) is 5.69 Å². The van der Waals surface area contributed by atoms with E-state index in [1.807, 2.05) is 54.6 Å². The van der Waals surface area contributed by atoms with E-state index in [-0.39, 0.29) is 24.7 Å². The number of para-hydroxylation sites is 1.